The number of carbonyl (C=O) groups excluding carboxylic acids is 2. The van der Waals surface area contributed by atoms with Crippen LogP contribution in [-0.2, 0) is 4.79 Å². The van der Waals surface area contributed by atoms with Gasteiger partial charge in [0.05, 0.1) is 16.7 Å². The molecule has 1 atom stereocenters. The van der Waals surface area contributed by atoms with E-state index in [1.807, 2.05) is 19.9 Å². The van der Waals surface area contributed by atoms with Gasteiger partial charge in [-0.15, -0.1) is 5.10 Å². The molecular weight excluding hydrogens is 491 g/mol. The second-order valence-electron chi connectivity index (χ2n) is 9.71. The third-order valence-electron chi connectivity index (χ3n) is 7.17. The van der Waals surface area contributed by atoms with Crippen molar-refractivity contribution in [3.63, 3.8) is 0 Å². The Hall–Kier alpha value is -3.31. The molecule has 2 amide bonds. The number of hydrogen-bond donors (Lipinski definition) is 3. The minimum absolute atomic E-state index is 0.0200. The lowest BCUT2D eigenvalue weighted by molar-refractivity contribution is -0.132. The summed E-state index contributed by atoms with van der Waals surface area (Å²) in [6.07, 6.45) is 1.53. The predicted octanol–water partition coefficient (Wildman–Crippen LogP) is 2.27. The van der Waals surface area contributed by atoms with Crippen molar-refractivity contribution in [2.45, 2.75) is 63.1 Å². The fourth-order valence-corrected chi connectivity index (χ4v) is 5.37. The minimum Gasteiger partial charge on any atom is -0.484 e. The predicted molar refractivity (Wildman–Crippen MR) is 127 cm³/mol. The molecule has 3 N–H and O–H groups in total. The number of aryl methyl sites for hydroxylation is 2. The van der Waals surface area contributed by atoms with E-state index >= 15 is 0 Å². The maximum absolute atomic E-state index is 13.6. The number of carbonyl (C=O) groups is 2. The van der Waals surface area contributed by atoms with E-state index in [9.17, 15) is 19.1 Å². The zero-order chi connectivity index (χ0) is 25.7. The summed E-state index contributed by atoms with van der Waals surface area (Å²) in [5.74, 6) is -0.928. The van der Waals surface area contributed by atoms with Crippen LogP contribution >= 0.6 is 11.6 Å². The van der Waals surface area contributed by atoms with Gasteiger partial charge in [0.2, 0.25) is 5.82 Å². The topological polar surface area (TPSA) is 131 Å². The van der Waals surface area contributed by atoms with Gasteiger partial charge in [0, 0.05) is 23.0 Å². The van der Waals surface area contributed by atoms with Crippen molar-refractivity contribution >= 4 is 29.2 Å². The minimum atomic E-state index is -0.863. The number of nitrogens with zero attached hydrogens (tertiary/aromatic N) is 4. The third-order valence-corrected chi connectivity index (χ3v) is 7.48. The first-order valence-electron chi connectivity index (χ1n) is 11.7. The molecule has 6 rings (SSSR count). The summed E-state index contributed by atoms with van der Waals surface area (Å²) in [7, 11) is 0. The van der Waals surface area contributed by atoms with Gasteiger partial charge in [0.1, 0.15) is 11.6 Å². The van der Waals surface area contributed by atoms with Crippen LogP contribution in [0.15, 0.2) is 24.3 Å². The molecule has 10 nitrogen and oxygen atoms in total. The first kappa shape index (κ1) is 24.4. The number of aliphatic hydroxyl groups excluding tert-OH is 1. The highest BCUT2D eigenvalue weighted by Gasteiger charge is 2.55. The number of ether oxygens (including phenoxy) is 1. The molecule has 12 heteroatoms. The fraction of sp³-hybridized carbons (Fsp3) is 0.458. The first-order chi connectivity index (χ1) is 17.1. The first-order valence-corrected chi connectivity index (χ1v) is 12.1. The number of nitrogens with one attached hydrogen (secondary N) is 2. The van der Waals surface area contributed by atoms with E-state index < -0.39 is 34.8 Å². The molecule has 3 fully saturated rings. The van der Waals surface area contributed by atoms with Crippen molar-refractivity contribution in [2.24, 2.45) is 0 Å². The van der Waals surface area contributed by atoms with E-state index in [0.29, 0.717) is 31.5 Å². The number of fused-ring (bicyclic) bond motifs is 4. The smallest absolute Gasteiger partial charge is 0.291 e. The van der Waals surface area contributed by atoms with E-state index in [1.54, 1.807) is 0 Å². The number of aromatic nitrogens is 4. The summed E-state index contributed by atoms with van der Waals surface area (Å²) in [5.41, 5.74) is 0.178. The summed E-state index contributed by atoms with van der Waals surface area (Å²) in [6.45, 7) is 3.38. The number of hydrogen-bond acceptors (Lipinski definition) is 7. The van der Waals surface area contributed by atoms with E-state index in [0.717, 1.165) is 17.5 Å². The number of benzene rings is 1. The van der Waals surface area contributed by atoms with E-state index in [1.165, 1.54) is 16.6 Å². The normalized spacial score (nSPS) is 25.1. The highest BCUT2D eigenvalue weighted by Crippen LogP contribution is 2.47. The summed E-state index contributed by atoms with van der Waals surface area (Å²) in [6, 6.07) is 5.79. The van der Waals surface area contributed by atoms with Gasteiger partial charge in [-0.2, -0.15) is 4.98 Å². The molecule has 0 radical (unpaired) electrons. The van der Waals surface area contributed by atoms with Gasteiger partial charge in [-0.1, -0.05) is 11.6 Å². The Bertz CT molecular complexity index is 1350. The van der Waals surface area contributed by atoms with Gasteiger partial charge in [-0.25, -0.2) is 13.9 Å². The van der Waals surface area contributed by atoms with Crippen LogP contribution in [0.5, 0.6) is 5.75 Å². The molecule has 0 spiro atoms. The number of amides is 2. The van der Waals surface area contributed by atoms with Gasteiger partial charge >= 0.3 is 0 Å². The van der Waals surface area contributed by atoms with Crippen LogP contribution in [0.2, 0.25) is 5.02 Å². The van der Waals surface area contributed by atoms with Gasteiger partial charge in [0.25, 0.3) is 17.6 Å². The molecular formula is C24H26ClFN6O4. The van der Waals surface area contributed by atoms with Crippen LogP contribution in [-0.4, -0.2) is 60.3 Å². The van der Waals surface area contributed by atoms with Crippen LogP contribution < -0.4 is 15.4 Å². The van der Waals surface area contributed by atoms with Crippen molar-refractivity contribution in [2.75, 3.05) is 6.61 Å². The highest BCUT2D eigenvalue weighted by atomic mass is 35.5. The lowest BCUT2D eigenvalue weighted by Gasteiger charge is -2.56. The van der Waals surface area contributed by atoms with Crippen molar-refractivity contribution in [3.05, 3.63) is 52.3 Å². The Morgan fingerprint density at radius 3 is 2.64 bits per heavy atom. The monoisotopic (exact) mass is 516 g/mol. The lowest BCUT2D eigenvalue weighted by atomic mass is 9.60. The maximum atomic E-state index is 13.6. The second kappa shape index (κ2) is 8.97. The largest absolute Gasteiger partial charge is 0.484 e. The Morgan fingerprint density at radius 2 is 1.94 bits per heavy atom. The van der Waals surface area contributed by atoms with Crippen LogP contribution in [0.4, 0.5) is 4.39 Å². The molecule has 2 aromatic heterocycles. The van der Waals surface area contributed by atoms with Gasteiger partial charge in [-0.05, 0) is 64.2 Å². The molecule has 1 aromatic carbocycles. The molecule has 0 aliphatic heterocycles. The van der Waals surface area contributed by atoms with Crippen molar-refractivity contribution in [3.8, 4) is 5.75 Å². The Morgan fingerprint density at radius 1 is 1.19 bits per heavy atom. The number of halogens is 2. The van der Waals surface area contributed by atoms with Gasteiger partial charge < -0.3 is 20.5 Å². The molecule has 0 unspecified atom stereocenters. The average Bonchev–Trinajstić information content (AvgIpc) is 3.26. The molecule has 3 aliphatic carbocycles. The molecule has 36 heavy (non-hydrogen) atoms. The SMILES string of the molecule is Cc1cc(C)n2nc(C(=O)NC34CCC(NC(=O)COc5ccc(Cl)c(F)c5)(CC3)[C@@H](O)C4)nc2n1. The van der Waals surface area contributed by atoms with Crippen LogP contribution in [0.1, 0.15) is 54.1 Å². The molecule has 2 bridgehead atoms. The zero-order valence-corrected chi connectivity index (χ0v) is 20.6. The third kappa shape index (κ3) is 4.48. The summed E-state index contributed by atoms with van der Waals surface area (Å²) in [5, 5.41) is 21.2. The van der Waals surface area contributed by atoms with Gasteiger partial charge in [0.15, 0.2) is 6.61 Å². The molecule has 3 saturated carbocycles. The Labute approximate surface area is 211 Å². The van der Waals surface area contributed by atoms with E-state index in [2.05, 4.69) is 25.7 Å². The van der Waals surface area contributed by atoms with E-state index in [-0.39, 0.29) is 29.6 Å². The van der Waals surface area contributed by atoms with Crippen LogP contribution in [0.3, 0.4) is 0 Å². The number of aliphatic hydroxyl groups is 1. The van der Waals surface area contributed by atoms with E-state index in [4.69, 9.17) is 16.3 Å². The Balaban J connectivity index is 1.21. The van der Waals surface area contributed by atoms with Crippen LogP contribution in [0.25, 0.3) is 5.78 Å². The summed E-state index contributed by atoms with van der Waals surface area (Å²) in [4.78, 5) is 34.2. The highest BCUT2D eigenvalue weighted by molar-refractivity contribution is 6.30. The summed E-state index contributed by atoms with van der Waals surface area (Å²) < 4.78 is 20.5. The van der Waals surface area contributed by atoms with Crippen molar-refractivity contribution in [1.82, 2.24) is 30.2 Å². The quantitative estimate of drug-likeness (QED) is 0.458. The molecule has 3 aromatic rings. The second-order valence-corrected chi connectivity index (χ2v) is 10.1. The van der Waals surface area contributed by atoms with Gasteiger partial charge in [-0.3, -0.25) is 9.59 Å². The van der Waals surface area contributed by atoms with Crippen LogP contribution in [0, 0.1) is 19.7 Å². The maximum Gasteiger partial charge on any atom is 0.291 e. The summed E-state index contributed by atoms with van der Waals surface area (Å²) >= 11 is 5.66. The number of rotatable bonds is 6. The molecule has 2 heterocycles. The molecule has 3 aliphatic rings. The Kier molecular flexibility index (Phi) is 6.08. The average molecular weight is 517 g/mol. The standard InChI is InChI=1S/C24H26ClFN6O4/c1-13-9-14(2)32-22(27-13)28-20(31-32)21(35)30-23-5-7-24(8-6-23,18(33)11-23)29-19(34)12-36-15-3-4-16(25)17(26)10-15/h3-4,9-10,18,33H,5-8,11-12H2,1-2H3,(H,29,34)(H,30,35)/t18-,23?,24?/m0/s1. The van der Waals surface area contributed by atoms with Crippen molar-refractivity contribution < 1.29 is 23.8 Å². The molecule has 0 saturated heterocycles. The van der Waals surface area contributed by atoms with Crippen molar-refractivity contribution in [1.29, 1.82) is 0 Å². The fourth-order valence-electron chi connectivity index (χ4n) is 5.25. The zero-order valence-electron chi connectivity index (χ0n) is 19.8. The molecule has 190 valence electrons. The lowest BCUT2D eigenvalue weighted by Crippen LogP contribution is -2.70.